The van der Waals surface area contributed by atoms with Crippen LogP contribution < -0.4 is 5.32 Å². The molecule has 0 bridgehead atoms. The van der Waals surface area contributed by atoms with Gasteiger partial charge in [-0.15, -0.1) is 0 Å². The molecule has 1 heterocycles. The first-order valence-electron chi connectivity index (χ1n) is 6.59. The minimum Gasteiger partial charge on any atom is -0.347 e. The minimum atomic E-state index is -0.347. The Labute approximate surface area is 136 Å². The molecule has 1 N–H and O–H groups in total. The number of aryl methyl sites for hydroxylation is 1. The lowest BCUT2D eigenvalue weighted by atomic mass is 10.2. The number of rotatable bonds is 5. The van der Waals surface area contributed by atoms with Gasteiger partial charge in [0, 0.05) is 29.3 Å². The van der Waals surface area contributed by atoms with E-state index in [0.29, 0.717) is 22.8 Å². The van der Waals surface area contributed by atoms with E-state index in [0.717, 1.165) is 10.9 Å². The topological polar surface area (TPSA) is 34.0 Å². The number of benzene rings is 1. The van der Waals surface area contributed by atoms with Crippen molar-refractivity contribution >= 4 is 33.4 Å². The van der Waals surface area contributed by atoms with E-state index < -0.39 is 0 Å². The molecule has 2 aromatic rings. The van der Waals surface area contributed by atoms with Crippen LogP contribution in [0, 0.1) is 5.82 Å². The van der Waals surface area contributed by atoms with E-state index in [1.165, 1.54) is 6.07 Å². The number of carbonyl (C=O) groups is 1. The summed E-state index contributed by atoms with van der Waals surface area (Å²) in [6, 6.07) is 6.24. The maximum atomic E-state index is 13.6. The smallest absolute Gasteiger partial charge is 0.268 e. The lowest BCUT2D eigenvalue weighted by Gasteiger charge is -2.09. The van der Waals surface area contributed by atoms with Crippen molar-refractivity contribution in [1.82, 2.24) is 9.88 Å². The van der Waals surface area contributed by atoms with Gasteiger partial charge in [-0.3, -0.25) is 4.79 Å². The quantitative estimate of drug-likeness (QED) is 0.829. The zero-order chi connectivity index (χ0) is 15.4. The van der Waals surface area contributed by atoms with E-state index in [4.69, 9.17) is 11.6 Å². The molecule has 112 valence electrons. The largest absolute Gasteiger partial charge is 0.347 e. The van der Waals surface area contributed by atoms with Crippen LogP contribution in [0.25, 0.3) is 0 Å². The van der Waals surface area contributed by atoms with Crippen LogP contribution in [0.1, 0.15) is 29.4 Å². The summed E-state index contributed by atoms with van der Waals surface area (Å²) in [5, 5.41) is 3.23. The van der Waals surface area contributed by atoms with E-state index in [1.807, 2.05) is 6.92 Å². The first-order valence-corrected chi connectivity index (χ1v) is 7.76. The molecule has 0 fully saturated rings. The van der Waals surface area contributed by atoms with Crippen LogP contribution >= 0.6 is 27.5 Å². The van der Waals surface area contributed by atoms with Gasteiger partial charge in [0.15, 0.2) is 0 Å². The summed E-state index contributed by atoms with van der Waals surface area (Å²) in [5.74, 6) is -0.616. The molecule has 0 aliphatic rings. The van der Waals surface area contributed by atoms with Gasteiger partial charge in [-0.1, -0.05) is 34.5 Å². The highest BCUT2D eigenvalue weighted by Crippen LogP contribution is 2.17. The Balaban J connectivity index is 2.10. The molecular weight excluding hydrogens is 359 g/mol. The van der Waals surface area contributed by atoms with Gasteiger partial charge < -0.3 is 9.88 Å². The summed E-state index contributed by atoms with van der Waals surface area (Å²) in [6.45, 7) is 2.85. The normalized spacial score (nSPS) is 10.7. The summed E-state index contributed by atoms with van der Waals surface area (Å²) in [5.41, 5.74) is 0.912. The summed E-state index contributed by atoms with van der Waals surface area (Å²) in [4.78, 5) is 12.2. The lowest BCUT2D eigenvalue weighted by Crippen LogP contribution is -2.25. The van der Waals surface area contributed by atoms with Gasteiger partial charge in [0.1, 0.15) is 11.5 Å². The standard InChI is InChI=1S/C15H15BrClFN2O/c1-2-5-20-9-12(17)7-14(20)15(21)19-8-10-6-11(16)3-4-13(10)18/h3-4,6-7,9H,2,5,8H2,1H3,(H,19,21). The second kappa shape index (κ2) is 7.09. The average molecular weight is 374 g/mol. The Morgan fingerprint density at radius 2 is 2.19 bits per heavy atom. The molecule has 2 rings (SSSR count). The number of aromatic nitrogens is 1. The molecule has 0 spiro atoms. The average Bonchev–Trinajstić information content (AvgIpc) is 2.81. The van der Waals surface area contributed by atoms with Gasteiger partial charge in [-0.2, -0.15) is 0 Å². The lowest BCUT2D eigenvalue weighted by molar-refractivity contribution is 0.0941. The predicted molar refractivity (Wildman–Crippen MR) is 85.0 cm³/mol. The van der Waals surface area contributed by atoms with Gasteiger partial charge in [0.25, 0.3) is 5.91 Å². The van der Waals surface area contributed by atoms with Crippen LogP contribution in [0.4, 0.5) is 4.39 Å². The molecule has 21 heavy (non-hydrogen) atoms. The van der Waals surface area contributed by atoms with Crippen molar-refractivity contribution in [3.8, 4) is 0 Å². The number of nitrogens with one attached hydrogen (secondary N) is 1. The van der Waals surface area contributed by atoms with Crippen LogP contribution in [0.3, 0.4) is 0 Å². The monoisotopic (exact) mass is 372 g/mol. The Bertz CT molecular complexity index is 657. The van der Waals surface area contributed by atoms with E-state index >= 15 is 0 Å². The molecule has 3 nitrogen and oxygen atoms in total. The number of nitrogens with zero attached hydrogens (tertiary/aromatic N) is 1. The van der Waals surface area contributed by atoms with Crippen LogP contribution in [0.5, 0.6) is 0 Å². The fourth-order valence-electron chi connectivity index (χ4n) is 2.04. The van der Waals surface area contributed by atoms with Crippen LogP contribution in [0.2, 0.25) is 5.02 Å². The zero-order valence-corrected chi connectivity index (χ0v) is 13.8. The molecule has 0 unspecified atom stereocenters. The third-order valence-corrected chi connectivity index (χ3v) is 3.71. The van der Waals surface area contributed by atoms with Crippen molar-refractivity contribution < 1.29 is 9.18 Å². The third kappa shape index (κ3) is 4.08. The minimum absolute atomic E-state index is 0.124. The van der Waals surface area contributed by atoms with Gasteiger partial charge in [-0.05, 0) is 30.7 Å². The molecule has 0 atom stereocenters. The number of hydrogen-bond acceptors (Lipinski definition) is 1. The predicted octanol–water partition coefficient (Wildman–Crippen LogP) is 4.38. The van der Waals surface area contributed by atoms with Gasteiger partial charge >= 0.3 is 0 Å². The number of carbonyl (C=O) groups excluding carboxylic acids is 1. The molecule has 0 saturated carbocycles. The second-order valence-corrected chi connectivity index (χ2v) is 6.01. The number of amides is 1. The van der Waals surface area contributed by atoms with Crippen molar-refractivity contribution in [1.29, 1.82) is 0 Å². The SMILES string of the molecule is CCCn1cc(Cl)cc1C(=O)NCc1cc(Br)ccc1F. The first kappa shape index (κ1) is 16.0. The number of halogens is 3. The number of hydrogen-bond donors (Lipinski definition) is 1. The van der Waals surface area contributed by atoms with E-state index in [1.54, 1.807) is 29.0 Å². The highest BCUT2D eigenvalue weighted by molar-refractivity contribution is 9.10. The molecule has 6 heteroatoms. The highest BCUT2D eigenvalue weighted by Gasteiger charge is 2.13. The Morgan fingerprint density at radius 3 is 2.90 bits per heavy atom. The van der Waals surface area contributed by atoms with E-state index in [9.17, 15) is 9.18 Å². The fourth-order valence-corrected chi connectivity index (χ4v) is 2.67. The van der Waals surface area contributed by atoms with Gasteiger partial charge in [0.2, 0.25) is 0 Å². The molecule has 1 amide bonds. The van der Waals surface area contributed by atoms with Crippen molar-refractivity contribution in [2.75, 3.05) is 0 Å². The zero-order valence-electron chi connectivity index (χ0n) is 11.5. The molecule has 0 radical (unpaired) electrons. The molecule has 0 aliphatic carbocycles. The van der Waals surface area contributed by atoms with Gasteiger partial charge in [0.05, 0.1) is 5.02 Å². The summed E-state index contributed by atoms with van der Waals surface area (Å²) >= 11 is 9.22. The van der Waals surface area contributed by atoms with Crippen LogP contribution in [0.15, 0.2) is 34.9 Å². The summed E-state index contributed by atoms with van der Waals surface area (Å²) in [6.07, 6.45) is 2.62. The molecular formula is C15H15BrClFN2O. The van der Waals surface area contributed by atoms with E-state index in [-0.39, 0.29) is 18.3 Å². The molecule has 0 saturated heterocycles. The van der Waals surface area contributed by atoms with Crippen molar-refractivity contribution in [2.45, 2.75) is 26.4 Å². The Morgan fingerprint density at radius 1 is 1.43 bits per heavy atom. The summed E-state index contributed by atoms with van der Waals surface area (Å²) in [7, 11) is 0. The van der Waals surface area contributed by atoms with Crippen LogP contribution in [-0.4, -0.2) is 10.5 Å². The van der Waals surface area contributed by atoms with Crippen molar-refractivity contribution in [3.63, 3.8) is 0 Å². The Kier molecular flexibility index (Phi) is 5.42. The second-order valence-electron chi connectivity index (χ2n) is 4.66. The third-order valence-electron chi connectivity index (χ3n) is 3.01. The molecule has 1 aromatic heterocycles. The Hall–Kier alpha value is -1.33. The highest BCUT2D eigenvalue weighted by atomic mass is 79.9. The fraction of sp³-hybridized carbons (Fsp3) is 0.267. The van der Waals surface area contributed by atoms with Crippen molar-refractivity contribution in [3.05, 3.63) is 57.0 Å². The van der Waals surface area contributed by atoms with Gasteiger partial charge in [-0.25, -0.2) is 4.39 Å². The van der Waals surface area contributed by atoms with Crippen LogP contribution in [-0.2, 0) is 13.1 Å². The molecule has 0 aliphatic heterocycles. The van der Waals surface area contributed by atoms with E-state index in [2.05, 4.69) is 21.2 Å². The maximum absolute atomic E-state index is 13.6. The first-order chi connectivity index (χ1) is 10.0. The maximum Gasteiger partial charge on any atom is 0.268 e. The summed E-state index contributed by atoms with van der Waals surface area (Å²) < 4.78 is 16.2. The van der Waals surface area contributed by atoms with Crippen molar-refractivity contribution in [2.24, 2.45) is 0 Å². The molecule has 1 aromatic carbocycles.